The predicted molar refractivity (Wildman–Crippen MR) is 60.2 cm³/mol. The Balaban J connectivity index is 4.12. The average molecular weight is 236 g/mol. The highest BCUT2D eigenvalue weighted by Gasteiger charge is 2.19. The highest BCUT2D eigenvalue weighted by Crippen LogP contribution is 2.05. The molecule has 0 aliphatic heterocycles. The van der Waals surface area contributed by atoms with Gasteiger partial charge in [-0.3, -0.25) is 4.79 Å². The molecule has 5 nitrogen and oxygen atoms in total. The van der Waals surface area contributed by atoms with Crippen molar-refractivity contribution in [3.63, 3.8) is 0 Å². The molecule has 0 aromatic heterocycles. The third-order valence-electron chi connectivity index (χ3n) is 1.83. The molecule has 1 amide bonds. The Morgan fingerprint density at radius 2 is 1.87 bits per heavy atom. The summed E-state index contributed by atoms with van der Waals surface area (Å²) in [4.78, 5) is 12.9. The Morgan fingerprint density at radius 3 is 2.20 bits per heavy atom. The number of amides is 1. The molecule has 6 heteroatoms. The minimum Gasteiger partial charge on any atom is -0.345 e. The zero-order valence-electron chi connectivity index (χ0n) is 9.78. The molecule has 0 spiro atoms. The van der Waals surface area contributed by atoms with E-state index in [1.54, 1.807) is 20.9 Å². The van der Waals surface area contributed by atoms with Crippen molar-refractivity contribution in [2.24, 2.45) is 5.73 Å². The van der Waals surface area contributed by atoms with Crippen molar-refractivity contribution in [3.05, 3.63) is 0 Å². The number of rotatable bonds is 5. The molecule has 0 heterocycles. The van der Waals surface area contributed by atoms with Crippen molar-refractivity contribution in [2.75, 3.05) is 25.6 Å². The molecule has 0 aliphatic rings. The van der Waals surface area contributed by atoms with Gasteiger partial charge < -0.3 is 10.6 Å². The van der Waals surface area contributed by atoms with Crippen molar-refractivity contribution in [1.82, 2.24) is 4.90 Å². The van der Waals surface area contributed by atoms with Gasteiger partial charge in [-0.15, -0.1) is 0 Å². The number of nitrogens with two attached hydrogens (primary N) is 1. The van der Waals surface area contributed by atoms with E-state index in [2.05, 4.69) is 0 Å². The lowest BCUT2D eigenvalue weighted by Gasteiger charge is -2.22. The Morgan fingerprint density at radius 1 is 1.40 bits per heavy atom. The lowest BCUT2D eigenvalue weighted by Crippen LogP contribution is -2.41. The van der Waals surface area contributed by atoms with Gasteiger partial charge in [0.25, 0.3) is 0 Å². The number of hydrogen-bond donors (Lipinski definition) is 1. The van der Waals surface area contributed by atoms with Gasteiger partial charge in [0.15, 0.2) is 0 Å². The van der Waals surface area contributed by atoms with Crippen LogP contribution in [0, 0.1) is 0 Å². The van der Waals surface area contributed by atoms with Crippen molar-refractivity contribution in [3.8, 4) is 0 Å². The fourth-order valence-corrected chi connectivity index (χ4v) is 1.56. The highest BCUT2D eigenvalue weighted by atomic mass is 32.2. The van der Waals surface area contributed by atoms with E-state index in [0.29, 0.717) is 0 Å². The standard InChI is InChI=1S/C9H20N2O3S/c1-9(2,10)7-8(12)11(3)5-6-15(4,13)14/h5-7,10H2,1-4H3. The van der Waals surface area contributed by atoms with Crippen LogP contribution in [-0.2, 0) is 14.6 Å². The van der Waals surface area contributed by atoms with Gasteiger partial charge in [-0.1, -0.05) is 0 Å². The van der Waals surface area contributed by atoms with E-state index in [9.17, 15) is 13.2 Å². The summed E-state index contributed by atoms with van der Waals surface area (Å²) in [5.41, 5.74) is 5.13. The van der Waals surface area contributed by atoms with Crippen LogP contribution < -0.4 is 5.73 Å². The topological polar surface area (TPSA) is 80.5 Å². The summed E-state index contributed by atoms with van der Waals surface area (Å²) in [6.07, 6.45) is 1.37. The summed E-state index contributed by atoms with van der Waals surface area (Å²) in [5.74, 6) is -0.147. The number of hydrogen-bond acceptors (Lipinski definition) is 4. The van der Waals surface area contributed by atoms with E-state index < -0.39 is 15.4 Å². The van der Waals surface area contributed by atoms with Gasteiger partial charge in [0, 0.05) is 31.8 Å². The third-order valence-corrected chi connectivity index (χ3v) is 2.75. The van der Waals surface area contributed by atoms with Crippen LogP contribution in [0.15, 0.2) is 0 Å². The lowest BCUT2D eigenvalue weighted by molar-refractivity contribution is -0.130. The predicted octanol–water partition coefficient (Wildman–Crippen LogP) is -0.383. The molecular weight excluding hydrogens is 216 g/mol. The Hall–Kier alpha value is -0.620. The van der Waals surface area contributed by atoms with Crippen molar-refractivity contribution >= 4 is 15.7 Å². The maximum absolute atomic E-state index is 11.5. The van der Waals surface area contributed by atoms with E-state index in [-0.39, 0.29) is 24.6 Å². The SMILES string of the molecule is CN(CCS(C)(=O)=O)C(=O)CC(C)(C)N. The van der Waals surface area contributed by atoms with Gasteiger partial charge in [-0.25, -0.2) is 8.42 Å². The van der Waals surface area contributed by atoms with Gasteiger partial charge in [-0.2, -0.15) is 0 Å². The summed E-state index contributed by atoms with van der Waals surface area (Å²) < 4.78 is 21.8. The smallest absolute Gasteiger partial charge is 0.224 e. The maximum atomic E-state index is 11.5. The lowest BCUT2D eigenvalue weighted by atomic mass is 10.0. The summed E-state index contributed by atoms with van der Waals surface area (Å²) in [7, 11) is -1.44. The second kappa shape index (κ2) is 4.94. The van der Waals surface area contributed by atoms with Gasteiger partial charge in [-0.05, 0) is 13.8 Å². The van der Waals surface area contributed by atoms with E-state index in [0.717, 1.165) is 6.26 Å². The van der Waals surface area contributed by atoms with E-state index in [4.69, 9.17) is 5.73 Å². The Labute approximate surface area is 91.5 Å². The zero-order valence-corrected chi connectivity index (χ0v) is 10.6. The molecule has 0 aromatic rings. The first kappa shape index (κ1) is 14.4. The third kappa shape index (κ3) is 8.38. The molecule has 0 unspecified atom stereocenters. The summed E-state index contributed by atoms with van der Waals surface area (Å²) in [6.45, 7) is 3.73. The average Bonchev–Trinajstić information content (AvgIpc) is 1.95. The minimum atomic E-state index is -3.02. The van der Waals surface area contributed by atoms with Gasteiger partial charge in [0.1, 0.15) is 9.84 Å². The molecular formula is C9H20N2O3S. The van der Waals surface area contributed by atoms with Crippen LogP contribution in [0.4, 0.5) is 0 Å². The molecule has 0 fully saturated rings. The van der Waals surface area contributed by atoms with Crippen LogP contribution in [-0.4, -0.2) is 50.4 Å². The molecule has 0 atom stereocenters. The normalized spacial score (nSPS) is 12.6. The van der Waals surface area contributed by atoms with Crippen LogP contribution in [0.1, 0.15) is 20.3 Å². The summed E-state index contributed by atoms with van der Waals surface area (Å²) in [5, 5.41) is 0. The Bertz CT molecular complexity index is 317. The highest BCUT2D eigenvalue weighted by molar-refractivity contribution is 7.90. The van der Waals surface area contributed by atoms with E-state index in [1.807, 2.05) is 0 Å². The molecule has 0 radical (unpaired) electrons. The molecule has 0 saturated carbocycles. The largest absolute Gasteiger partial charge is 0.345 e. The first-order valence-corrected chi connectivity index (χ1v) is 6.78. The summed E-state index contributed by atoms with van der Waals surface area (Å²) >= 11 is 0. The fourth-order valence-electron chi connectivity index (χ4n) is 0.952. The minimum absolute atomic E-state index is 0.0137. The summed E-state index contributed by atoms with van der Waals surface area (Å²) in [6, 6.07) is 0. The van der Waals surface area contributed by atoms with Crippen LogP contribution >= 0.6 is 0 Å². The molecule has 0 rings (SSSR count). The van der Waals surface area contributed by atoms with Gasteiger partial charge in [0.05, 0.1) is 5.75 Å². The zero-order chi connectivity index (χ0) is 12.3. The number of sulfone groups is 1. The second-order valence-corrected chi connectivity index (χ2v) is 6.87. The first-order chi connectivity index (χ1) is 6.51. The quantitative estimate of drug-likeness (QED) is 0.705. The van der Waals surface area contributed by atoms with Gasteiger partial charge in [0.2, 0.25) is 5.91 Å². The molecule has 0 aromatic carbocycles. The van der Waals surface area contributed by atoms with Crippen LogP contribution in [0.3, 0.4) is 0 Å². The molecule has 0 bridgehead atoms. The molecule has 15 heavy (non-hydrogen) atoms. The van der Waals surface area contributed by atoms with Crippen molar-refractivity contribution in [2.45, 2.75) is 25.8 Å². The van der Waals surface area contributed by atoms with Gasteiger partial charge >= 0.3 is 0 Å². The monoisotopic (exact) mass is 236 g/mol. The molecule has 0 saturated heterocycles. The second-order valence-electron chi connectivity index (χ2n) is 4.61. The molecule has 0 aliphatic carbocycles. The fraction of sp³-hybridized carbons (Fsp3) is 0.889. The molecule has 2 N–H and O–H groups in total. The van der Waals surface area contributed by atoms with Crippen LogP contribution in [0.2, 0.25) is 0 Å². The van der Waals surface area contributed by atoms with E-state index in [1.165, 1.54) is 4.90 Å². The maximum Gasteiger partial charge on any atom is 0.224 e. The van der Waals surface area contributed by atoms with E-state index >= 15 is 0 Å². The molecule has 90 valence electrons. The first-order valence-electron chi connectivity index (χ1n) is 4.72. The van der Waals surface area contributed by atoms with Crippen LogP contribution in [0.25, 0.3) is 0 Å². The number of carbonyl (C=O) groups is 1. The Kier molecular flexibility index (Phi) is 4.73. The number of nitrogens with zero attached hydrogens (tertiary/aromatic N) is 1. The number of carbonyl (C=O) groups excluding carboxylic acids is 1. The van der Waals surface area contributed by atoms with Crippen LogP contribution in [0.5, 0.6) is 0 Å². The van der Waals surface area contributed by atoms with Crippen molar-refractivity contribution in [1.29, 1.82) is 0 Å². The van der Waals surface area contributed by atoms with Crippen molar-refractivity contribution < 1.29 is 13.2 Å².